The Balaban J connectivity index is 2.35. The third-order valence-corrected chi connectivity index (χ3v) is 5.85. The number of nitrogens with one attached hydrogen (secondary N) is 1. The van der Waals surface area contributed by atoms with E-state index in [-0.39, 0.29) is 12.1 Å². The van der Waals surface area contributed by atoms with Gasteiger partial charge in [-0.25, -0.2) is 18.0 Å². The van der Waals surface area contributed by atoms with Gasteiger partial charge in [0, 0.05) is 24.9 Å². The van der Waals surface area contributed by atoms with E-state index >= 15 is 0 Å². The van der Waals surface area contributed by atoms with Crippen LogP contribution in [0.3, 0.4) is 0 Å². The average molecular weight is 534 g/mol. The van der Waals surface area contributed by atoms with Crippen molar-refractivity contribution in [1.82, 2.24) is 10.2 Å². The Labute approximate surface area is 197 Å². The predicted octanol–water partition coefficient (Wildman–Crippen LogP) is 3.92. The molecule has 15 heteroatoms. The number of alkyl carbamates (subject to hydrolysis) is 1. The third-order valence-electron chi connectivity index (χ3n) is 4.87. The van der Waals surface area contributed by atoms with E-state index in [1.165, 1.54) is 27.7 Å². The number of hydrogen-bond acceptors (Lipinski definition) is 6. The van der Waals surface area contributed by atoms with Gasteiger partial charge in [0.15, 0.2) is 0 Å². The number of likely N-dealkylation sites (tertiary alicyclic amines) is 1. The number of ether oxygens (including phenoxy) is 1. The summed E-state index contributed by atoms with van der Waals surface area (Å²) in [5.74, 6) is -7.60. The van der Waals surface area contributed by atoms with Gasteiger partial charge in [-0.15, -0.1) is 0 Å². The van der Waals surface area contributed by atoms with Gasteiger partial charge in [0.25, 0.3) is 5.92 Å². The zero-order valence-electron chi connectivity index (χ0n) is 19.1. The summed E-state index contributed by atoms with van der Waals surface area (Å²) < 4.78 is 111. The lowest BCUT2D eigenvalue weighted by atomic mass is 9.91. The molecule has 0 spiro atoms. The van der Waals surface area contributed by atoms with Gasteiger partial charge in [0.1, 0.15) is 23.2 Å². The second kappa shape index (κ2) is 9.74. The lowest BCUT2D eigenvalue weighted by Gasteiger charge is -2.30. The van der Waals surface area contributed by atoms with Gasteiger partial charge in [-0.3, -0.25) is 4.79 Å². The molecule has 0 aromatic heterocycles. The molecule has 2 rings (SSSR count). The molecule has 1 aromatic rings. The number of hydrogen-bond donors (Lipinski definition) is 1. The lowest BCUT2D eigenvalue weighted by molar-refractivity contribution is -0.134. The fourth-order valence-corrected chi connectivity index (χ4v) is 3.69. The summed E-state index contributed by atoms with van der Waals surface area (Å²) in [5, 5.41) is 2.24. The molecule has 35 heavy (non-hydrogen) atoms. The molecule has 1 fully saturated rings. The first-order chi connectivity index (χ1) is 15.7. The number of amides is 2. The second-order valence-electron chi connectivity index (χ2n) is 8.94. The van der Waals surface area contributed by atoms with Gasteiger partial charge < -0.3 is 19.1 Å². The van der Waals surface area contributed by atoms with Crippen molar-refractivity contribution >= 4 is 22.1 Å². The Morgan fingerprint density at radius 1 is 1.17 bits per heavy atom. The highest BCUT2D eigenvalue weighted by Crippen LogP contribution is 2.32. The maximum absolute atomic E-state index is 14.8. The van der Waals surface area contributed by atoms with E-state index < -0.39 is 75.6 Å². The van der Waals surface area contributed by atoms with Gasteiger partial charge in [-0.05, 0) is 32.4 Å². The Morgan fingerprint density at radius 3 is 2.23 bits per heavy atom. The minimum absolute atomic E-state index is 0.324. The van der Waals surface area contributed by atoms with Crippen LogP contribution < -0.4 is 9.50 Å². The second-order valence-corrected chi connectivity index (χ2v) is 10.5. The minimum atomic E-state index is -6.06. The maximum atomic E-state index is 14.8. The van der Waals surface area contributed by atoms with Crippen LogP contribution in [0.1, 0.15) is 45.6 Å². The normalized spacial score (nSPS) is 18.1. The SMILES string of the molecule is C[C@@H](c1ccc(OS(=O)(=O)C(F)(F)F)cc1F)[C@H](NC(=O)OC(C)(C)C)C(=O)N1CCC(F)(F)C1. The molecule has 1 aliphatic heterocycles. The van der Waals surface area contributed by atoms with Crippen LogP contribution in [0.5, 0.6) is 5.75 Å². The highest BCUT2D eigenvalue weighted by molar-refractivity contribution is 7.88. The van der Waals surface area contributed by atoms with Crippen molar-refractivity contribution in [2.75, 3.05) is 13.1 Å². The van der Waals surface area contributed by atoms with Crippen molar-refractivity contribution in [3.8, 4) is 5.75 Å². The molecule has 1 aromatic carbocycles. The molecule has 198 valence electrons. The predicted molar refractivity (Wildman–Crippen MR) is 110 cm³/mol. The van der Waals surface area contributed by atoms with Crippen LogP contribution in [-0.2, 0) is 19.6 Å². The fraction of sp³-hybridized carbons (Fsp3) is 0.600. The van der Waals surface area contributed by atoms with Crippen LogP contribution in [-0.4, -0.2) is 61.5 Å². The molecule has 8 nitrogen and oxygen atoms in total. The van der Waals surface area contributed by atoms with Gasteiger partial charge in [-0.1, -0.05) is 13.0 Å². The quantitative estimate of drug-likeness (QED) is 0.337. The molecule has 1 aliphatic rings. The monoisotopic (exact) mass is 534 g/mol. The molecular formula is C20H24F6N2O6S. The van der Waals surface area contributed by atoms with Crippen molar-refractivity contribution in [3.05, 3.63) is 29.6 Å². The third kappa shape index (κ3) is 7.39. The zero-order chi connectivity index (χ0) is 27.0. The minimum Gasteiger partial charge on any atom is -0.444 e. The van der Waals surface area contributed by atoms with Crippen LogP contribution >= 0.6 is 0 Å². The van der Waals surface area contributed by atoms with Crippen LogP contribution in [0.2, 0.25) is 0 Å². The average Bonchev–Trinajstić information content (AvgIpc) is 3.02. The zero-order valence-corrected chi connectivity index (χ0v) is 19.9. The maximum Gasteiger partial charge on any atom is 0.534 e. The highest BCUT2D eigenvalue weighted by atomic mass is 32.2. The Hall–Kier alpha value is -2.71. The van der Waals surface area contributed by atoms with E-state index in [0.29, 0.717) is 6.07 Å². The molecule has 0 unspecified atom stereocenters. The van der Waals surface area contributed by atoms with Crippen molar-refractivity contribution in [2.45, 2.75) is 63.1 Å². The number of alkyl halides is 5. The van der Waals surface area contributed by atoms with Crippen LogP contribution in [0.4, 0.5) is 31.1 Å². The van der Waals surface area contributed by atoms with Gasteiger partial charge in [0.2, 0.25) is 5.91 Å². The van der Waals surface area contributed by atoms with E-state index in [1.54, 1.807) is 0 Å². The molecule has 0 aliphatic carbocycles. The largest absolute Gasteiger partial charge is 0.534 e. The molecule has 2 amide bonds. The molecule has 1 heterocycles. The molecule has 0 saturated carbocycles. The van der Waals surface area contributed by atoms with E-state index in [0.717, 1.165) is 17.0 Å². The first-order valence-corrected chi connectivity index (χ1v) is 11.6. The lowest BCUT2D eigenvalue weighted by Crippen LogP contribution is -2.52. The van der Waals surface area contributed by atoms with Crippen LogP contribution in [0, 0.1) is 5.82 Å². The summed E-state index contributed by atoms with van der Waals surface area (Å²) in [5.41, 5.74) is -7.07. The molecule has 1 saturated heterocycles. The van der Waals surface area contributed by atoms with E-state index in [1.807, 2.05) is 0 Å². The number of carbonyl (C=O) groups is 2. The molecule has 2 atom stereocenters. The Bertz CT molecular complexity index is 1070. The summed E-state index contributed by atoms with van der Waals surface area (Å²) >= 11 is 0. The highest BCUT2D eigenvalue weighted by Gasteiger charge is 2.49. The van der Waals surface area contributed by atoms with Crippen molar-refractivity contribution < 1.29 is 53.3 Å². The van der Waals surface area contributed by atoms with E-state index in [4.69, 9.17) is 4.74 Å². The van der Waals surface area contributed by atoms with Gasteiger partial charge in [0.05, 0.1) is 6.54 Å². The topological polar surface area (TPSA) is 102 Å². The molecule has 0 radical (unpaired) electrons. The first kappa shape index (κ1) is 28.5. The van der Waals surface area contributed by atoms with Crippen molar-refractivity contribution in [3.63, 3.8) is 0 Å². The number of nitrogens with zero attached hydrogens (tertiary/aromatic N) is 1. The van der Waals surface area contributed by atoms with Crippen molar-refractivity contribution in [1.29, 1.82) is 0 Å². The smallest absolute Gasteiger partial charge is 0.444 e. The number of carbonyl (C=O) groups excluding carboxylic acids is 2. The number of halogens is 6. The Kier molecular flexibility index (Phi) is 7.94. The summed E-state index contributed by atoms with van der Waals surface area (Å²) in [6, 6.07) is 0.335. The number of benzene rings is 1. The van der Waals surface area contributed by atoms with Gasteiger partial charge in [-0.2, -0.15) is 21.6 Å². The fourth-order valence-electron chi connectivity index (χ4n) is 3.24. The van der Waals surface area contributed by atoms with Crippen molar-refractivity contribution in [2.24, 2.45) is 0 Å². The molecule has 1 N–H and O–H groups in total. The first-order valence-electron chi connectivity index (χ1n) is 10.2. The summed E-state index contributed by atoms with van der Waals surface area (Å²) in [6.45, 7) is 4.61. The van der Waals surface area contributed by atoms with E-state index in [2.05, 4.69) is 9.50 Å². The van der Waals surface area contributed by atoms with Crippen LogP contribution in [0.25, 0.3) is 0 Å². The van der Waals surface area contributed by atoms with Crippen LogP contribution in [0.15, 0.2) is 18.2 Å². The summed E-state index contributed by atoms with van der Waals surface area (Å²) in [6.07, 6.45) is -1.70. The standard InChI is InChI=1S/C20H24F6N2O6S/c1-11(13-6-5-12(9-14(13)21)34-35(31,32)20(24,25)26)15(27-17(30)33-18(2,3)4)16(29)28-8-7-19(22,23)10-28/h5-6,9,11,15H,7-8,10H2,1-4H3,(H,27,30)/t11-,15-/m0/s1. The molecular weight excluding hydrogens is 510 g/mol. The van der Waals surface area contributed by atoms with Gasteiger partial charge >= 0.3 is 21.7 Å². The van der Waals surface area contributed by atoms with E-state index in [9.17, 15) is 44.3 Å². The summed E-state index contributed by atoms with van der Waals surface area (Å²) in [7, 11) is -6.06. The number of rotatable bonds is 6. The summed E-state index contributed by atoms with van der Waals surface area (Å²) in [4.78, 5) is 26.1. The molecule has 0 bridgehead atoms. The Morgan fingerprint density at radius 2 is 1.77 bits per heavy atom.